The summed E-state index contributed by atoms with van der Waals surface area (Å²) in [7, 11) is 3.99. The summed E-state index contributed by atoms with van der Waals surface area (Å²) in [6, 6.07) is 5.91. The molecule has 0 unspecified atom stereocenters. The summed E-state index contributed by atoms with van der Waals surface area (Å²) in [5.74, 6) is 0.0317. The van der Waals surface area contributed by atoms with Gasteiger partial charge in [-0.05, 0) is 42.0 Å². The van der Waals surface area contributed by atoms with Gasteiger partial charge in [0, 0.05) is 57.5 Å². The van der Waals surface area contributed by atoms with E-state index in [2.05, 4.69) is 26.1 Å². The molecule has 1 heterocycles. The highest BCUT2D eigenvalue weighted by atomic mass is 16.5. The highest BCUT2D eigenvalue weighted by molar-refractivity contribution is 5.92. The summed E-state index contributed by atoms with van der Waals surface area (Å²) in [5, 5.41) is 2.98. The number of hydrogen-bond acceptors (Lipinski definition) is 4. The molecule has 0 spiro atoms. The number of carbonyl (C=O) groups excluding carboxylic acids is 2. The molecule has 30 heavy (non-hydrogen) atoms. The van der Waals surface area contributed by atoms with E-state index in [0.717, 1.165) is 36.4 Å². The van der Waals surface area contributed by atoms with Gasteiger partial charge in [-0.1, -0.05) is 34.6 Å². The Bertz CT molecular complexity index is 732. The van der Waals surface area contributed by atoms with Crippen molar-refractivity contribution in [3.8, 4) is 0 Å². The second-order valence-corrected chi connectivity index (χ2v) is 10.0. The average molecular weight is 418 g/mol. The van der Waals surface area contributed by atoms with E-state index < -0.39 is 0 Å². The zero-order valence-electron chi connectivity index (χ0n) is 19.7. The Morgan fingerprint density at radius 3 is 2.47 bits per heavy atom. The van der Waals surface area contributed by atoms with Crippen molar-refractivity contribution in [2.75, 3.05) is 37.5 Å². The number of nitrogens with zero attached hydrogens (tertiary/aromatic N) is 2. The number of anilines is 2. The molecule has 0 bridgehead atoms. The lowest BCUT2D eigenvalue weighted by Gasteiger charge is -2.30. The van der Waals surface area contributed by atoms with Crippen molar-refractivity contribution >= 4 is 23.2 Å². The Morgan fingerprint density at radius 2 is 1.93 bits per heavy atom. The fraction of sp³-hybridized carbons (Fsp3) is 0.667. The molecule has 0 radical (unpaired) electrons. The summed E-state index contributed by atoms with van der Waals surface area (Å²) in [6.45, 7) is 11.9. The molecule has 1 atom stereocenters. The maximum atomic E-state index is 13.2. The zero-order chi connectivity index (χ0) is 22.5. The first-order valence-corrected chi connectivity index (χ1v) is 11.0. The standard InChI is InChI=1S/C24H39N3O3/c1-17(2)23(29)25-19-10-11-21(26(6)7)18(13-19)15-27(16-20-9-8-12-30-20)22(28)14-24(3,4)5/h10-11,13,17,20H,8-9,12,14-16H2,1-7H3,(H,25,29)/t20-/m1/s1. The molecule has 0 aromatic heterocycles. The largest absolute Gasteiger partial charge is 0.377 e. The smallest absolute Gasteiger partial charge is 0.226 e. The van der Waals surface area contributed by atoms with E-state index in [1.54, 1.807) is 0 Å². The van der Waals surface area contributed by atoms with Crippen LogP contribution in [0.25, 0.3) is 0 Å². The van der Waals surface area contributed by atoms with Crippen LogP contribution >= 0.6 is 0 Å². The van der Waals surface area contributed by atoms with Crippen molar-refractivity contribution in [3.63, 3.8) is 0 Å². The normalized spacial score (nSPS) is 16.6. The number of benzene rings is 1. The molecule has 0 saturated carbocycles. The van der Waals surface area contributed by atoms with Crippen LogP contribution in [0.1, 0.15) is 59.4 Å². The molecule has 6 nitrogen and oxygen atoms in total. The molecule has 1 N–H and O–H groups in total. The SMILES string of the molecule is CC(C)C(=O)Nc1ccc(N(C)C)c(CN(C[C@H]2CCCO2)C(=O)CC(C)(C)C)c1. The van der Waals surface area contributed by atoms with Gasteiger partial charge in [-0.25, -0.2) is 0 Å². The molecule has 1 aliphatic rings. The van der Waals surface area contributed by atoms with Gasteiger partial charge in [0.1, 0.15) is 0 Å². The van der Waals surface area contributed by atoms with Crippen molar-refractivity contribution in [2.24, 2.45) is 11.3 Å². The van der Waals surface area contributed by atoms with E-state index in [0.29, 0.717) is 19.5 Å². The molecule has 1 aromatic rings. The van der Waals surface area contributed by atoms with Crippen LogP contribution in [0.5, 0.6) is 0 Å². The highest BCUT2D eigenvalue weighted by Crippen LogP contribution is 2.27. The van der Waals surface area contributed by atoms with Crippen LogP contribution in [0.3, 0.4) is 0 Å². The lowest BCUT2D eigenvalue weighted by atomic mass is 9.91. The topological polar surface area (TPSA) is 61.9 Å². The fourth-order valence-corrected chi connectivity index (χ4v) is 3.57. The fourth-order valence-electron chi connectivity index (χ4n) is 3.57. The van der Waals surface area contributed by atoms with E-state index >= 15 is 0 Å². The molecule has 0 aliphatic carbocycles. The zero-order valence-corrected chi connectivity index (χ0v) is 19.7. The van der Waals surface area contributed by atoms with Gasteiger partial charge in [0.25, 0.3) is 0 Å². The monoisotopic (exact) mass is 417 g/mol. The number of carbonyl (C=O) groups is 2. The van der Waals surface area contributed by atoms with E-state index in [1.165, 1.54) is 0 Å². The molecular formula is C24H39N3O3. The van der Waals surface area contributed by atoms with Crippen LogP contribution in [0.15, 0.2) is 18.2 Å². The summed E-state index contributed by atoms with van der Waals surface area (Å²) in [6.07, 6.45) is 2.62. The van der Waals surface area contributed by atoms with Gasteiger partial charge < -0.3 is 19.9 Å². The lowest BCUT2D eigenvalue weighted by Crippen LogP contribution is -2.38. The lowest BCUT2D eigenvalue weighted by molar-refractivity contribution is -0.135. The van der Waals surface area contributed by atoms with E-state index in [-0.39, 0.29) is 29.3 Å². The van der Waals surface area contributed by atoms with E-state index in [1.807, 2.05) is 55.9 Å². The van der Waals surface area contributed by atoms with Crippen LogP contribution in [0.4, 0.5) is 11.4 Å². The molecule has 1 aromatic carbocycles. The predicted molar refractivity (Wildman–Crippen MR) is 123 cm³/mol. The minimum Gasteiger partial charge on any atom is -0.377 e. The van der Waals surface area contributed by atoms with Crippen molar-refractivity contribution < 1.29 is 14.3 Å². The van der Waals surface area contributed by atoms with Crippen molar-refractivity contribution in [1.29, 1.82) is 0 Å². The van der Waals surface area contributed by atoms with E-state index in [4.69, 9.17) is 4.74 Å². The van der Waals surface area contributed by atoms with Crippen molar-refractivity contribution in [2.45, 2.75) is 66.5 Å². The Kier molecular flexibility index (Phi) is 8.30. The summed E-state index contributed by atoms with van der Waals surface area (Å²) in [5.41, 5.74) is 2.73. The van der Waals surface area contributed by atoms with Crippen LogP contribution in [-0.4, -0.2) is 50.1 Å². The van der Waals surface area contributed by atoms with Gasteiger partial charge >= 0.3 is 0 Å². The van der Waals surface area contributed by atoms with Crippen molar-refractivity contribution in [3.05, 3.63) is 23.8 Å². The van der Waals surface area contributed by atoms with Gasteiger partial charge in [0.2, 0.25) is 11.8 Å². The first kappa shape index (κ1) is 24.2. The molecule has 1 saturated heterocycles. The van der Waals surface area contributed by atoms with Gasteiger partial charge in [-0.3, -0.25) is 9.59 Å². The third kappa shape index (κ3) is 7.31. The average Bonchev–Trinajstić information content (AvgIpc) is 3.12. The minimum atomic E-state index is -0.0913. The van der Waals surface area contributed by atoms with Gasteiger partial charge in [-0.2, -0.15) is 0 Å². The molecule has 6 heteroatoms. The molecule has 2 amide bonds. The summed E-state index contributed by atoms with van der Waals surface area (Å²) >= 11 is 0. The molecule has 2 rings (SSSR count). The van der Waals surface area contributed by atoms with Crippen LogP contribution in [0, 0.1) is 11.3 Å². The first-order chi connectivity index (χ1) is 14.0. The van der Waals surface area contributed by atoms with Crippen molar-refractivity contribution in [1.82, 2.24) is 4.90 Å². The number of hydrogen-bond donors (Lipinski definition) is 1. The molecule has 168 valence electrons. The third-order valence-electron chi connectivity index (χ3n) is 5.20. The Balaban J connectivity index is 2.30. The summed E-state index contributed by atoms with van der Waals surface area (Å²) in [4.78, 5) is 29.3. The van der Waals surface area contributed by atoms with Gasteiger partial charge in [0.05, 0.1) is 6.10 Å². The quantitative estimate of drug-likeness (QED) is 0.685. The predicted octanol–water partition coefficient (Wildman–Crippen LogP) is 4.29. The van der Waals surface area contributed by atoms with Gasteiger partial charge in [-0.15, -0.1) is 0 Å². The number of ether oxygens (including phenoxy) is 1. The first-order valence-electron chi connectivity index (χ1n) is 11.0. The van der Waals surface area contributed by atoms with Crippen LogP contribution in [0.2, 0.25) is 0 Å². The molecule has 1 fully saturated rings. The third-order valence-corrected chi connectivity index (χ3v) is 5.20. The number of nitrogens with one attached hydrogen (secondary N) is 1. The molecule has 1 aliphatic heterocycles. The Hall–Kier alpha value is -2.08. The highest BCUT2D eigenvalue weighted by Gasteiger charge is 2.26. The van der Waals surface area contributed by atoms with Crippen LogP contribution < -0.4 is 10.2 Å². The van der Waals surface area contributed by atoms with Crippen LogP contribution in [-0.2, 0) is 20.9 Å². The summed E-state index contributed by atoms with van der Waals surface area (Å²) < 4.78 is 5.82. The number of amides is 2. The Morgan fingerprint density at radius 1 is 1.23 bits per heavy atom. The number of rotatable bonds is 8. The second-order valence-electron chi connectivity index (χ2n) is 10.0. The van der Waals surface area contributed by atoms with E-state index in [9.17, 15) is 9.59 Å². The van der Waals surface area contributed by atoms with Gasteiger partial charge in [0.15, 0.2) is 0 Å². The second kappa shape index (κ2) is 10.3. The maximum absolute atomic E-state index is 13.2. The Labute approximate surface area is 182 Å². The maximum Gasteiger partial charge on any atom is 0.226 e. The minimum absolute atomic E-state index is 0.0152. The molecular weight excluding hydrogens is 378 g/mol.